The summed E-state index contributed by atoms with van der Waals surface area (Å²) in [6.45, 7) is 0.206. The van der Waals surface area contributed by atoms with Crippen molar-refractivity contribution >= 4 is 21.6 Å². The van der Waals surface area contributed by atoms with Crippen molar-refractivity contribution in [3.8, 4) is 11.5 Å². The standard InChI is InChI=1S/C19H24N2O5S/c1-25-17-10-8-16(9-11-17)20-19(22)12-13-21(27(3,23)24)14-15-6-4-5-7-18(15)26-2/h4-11H,12-14H2,1-3H3,(H,20,22). The molecule has 0 aromatic heterocycles. The average Bonchev–Trinajstić information content (AvgIpc) is 2.65. The minimum absolute atomic E-state index is 0.0360. The summed E-state index contributed by atoms with van der Waals surface area (Å²) in [6.07, 6.45) is 1.16. The van der Waals surface area contributed by atoms with E-state index in [-0.39, 0.29) is 25.4 Å². The molecule has 146 valence electrons. The molecule has 0 saturated carbocycles. The van der Waals surface area contributed by atoms with E-state index >= 15 is 0 Å². The Labute approximate surface area is 160 Å². The van der Waals surface area contributed by atoms with Crippen LogP contribution in [0.1, 0.15) is 12.0 Å². The van der Waals surface area contributed by atoms with E-state index in [2.05, 4.69) is 5.32 Å². The first-order valence-corrected chi connectivity index (χ1v) is 10.2. The monoisotopic (exact) mass is 392 g/mol. The number of anilines is 1. The van der Waals surface area contributed by atoms with Crippen LogP contribution in [0.5, 0.6) is 11.5 Å². The SMILES string of the molecule is COc1ccc(NC(=O)CCN(Cc2ccccc2OC)S(C)(=O)=O)cc1. The number of carbonyl (C=O) groups is 1. The van der Waals surface area contributed by atoms with Gasteiger partial charge in [0.05, 0.1) is 20.5 Å². The Bertz CT molecular complexity index is 866. The molecule has 0 spiro atoms. The lowest BCUT2D eigenvalue weighted by atomic mass is 10.2. The van der Waals surface area contributed by atoms with E-state index in [1.807, 2.05) is 12.1 Å². The molecular weight excluding hydrogens is 368 g/mol. The van der Waals surface area contributed by atoms with Gasteiger partial charge in [-0.1, -0.05) is 18.2 Å². The molecule has 2 aromatic carbocycles. The van der Waals surface area contributed by atoms with Crippen molar-refractivity contribution in [3.05, 3.63) is 54.1 Å². The van der Waals surface area contributed by atoms with Crippen molar-refractivity contribution < 1.29 is 22.7 Å². The zero-order valence-electron chi connectivity index (χ0n) is 15.6. The van der Waals surface area contributed by atoms with Crippen molar-refractivity contribution in [2.45, 2.75) is 13.0 Å². The first-order valence-electron chi connectivity index (χ1n) is 8.34. The summed E-state index contributed by atoms with van der Waals surface area (Å²) in [5.41, 5.74) is 1.36. The summed E-state index contributed by atoms with van der Waals surface area (Å²) in [5, 5.41) is 2.75. The van der Waals surface area contributed by atoms with Crippen LogP contribution in [0.15, 0.2) is 48.5 Å². The second kappa shape index (κ2) is 9.38. The fraction of sp³-hybridized carbons (Fsp3) is 0.316. The maximum absolute atomic E-state index is 12.2. The first kappa shape index (κ1) is 20.7. The summed E-state index contributed by atoms with van der Waals surface area (Å²) < 4.78 is 35.8. The molecule has 1 N–H and O–H groups in total. The normalized spacial score (nSPS) is 11.3. The highest BCUT2D eigenvalue weighted by molar-refractivity contribution is 7.88. The second-order valence-electron chi connectivity index (χ2n) is 5.94. The number of para-hydroxylation sites is 1. The van der Waals surface area contributed by atoms with Crippen LogP contribution in [0.4, 0.5) is 5.69 Å². The summed E-state index contributed by atoms with van der Waals surface area (Å²) >= 11 is 0. The van der Waals surface area contributed by atoms with Crippen LogP contribution in [-0.4, -0.2) is 45.7 Å². The molecule has 0 radical (unpaired) electrons. The van der Waals surface area contributed by atoms with Crippen molar-refractivity contribution in [2.75, 3.05) is 32.3 Å². The van der Waals surface area contributed by atoms with E-state index in [9.17, 15) is 13.2 Å². The Balaban J connectivity index is 2.00. The maximum Gasteiger partial charge on any atom is 0.225 e. The Morgan fingerprint density at radius 1 is 1.04 bits per heavy atom. The van der Waals surface area contributed by atoms with Crippen LogP contribution >= 0.6 is 0 Å². The molecule has 2 aromatic rings. The lowest BCUT2D eigenvalue weighted by molar-refractivity contribution is -0.116. The topological polar surface area (TPSA) is 84.9 Å². The molecule has 1 amide bonds. The lowest BCUT2D eigenvalue weighted by Gasteiger charge is -2.21. The van der Waals surface area contributed by atoms with Gasteiger partial charge in [0.25, 0.3) is 0 Å². The molecule has 0 bridgehead atoms. The quantitative estimate of drug-likeness (QED) is 0.709. The molecule has 0 heterocycles. The van der Waals surface area contributed by atoms with Gasteiger partial charge in [0.15, 0.2) is 0 Å². The van der Waals surface area contributed by atoms with Crippen LogP contribution in [0.25, 0.3) is 0 Å². The van der Waals surface area contributed by atoms with E-state index < -0.39 is 10.0 Å². The minimum atomic E-state index is -3.48. The van der Waals surface area contributed by atoms with Crippen molar-refractivity contribution in [1.82, 2.24) is 4.31 Å². The van der Waals surface area contributed by atoms with Gasteiger partial charge in [-0.2, -0.15) is 4.31 Å². The van der Waals surface area contributed by atoms with E-state index in [0.717, 1.165) is 11.8 Å². The van der Waals surface area contributed by atoms with Crippen LogP contribution in [0, 0.1) is 0 Å². The number of benzene rings is 2. The van der Waals surface area contributed by atoms with Gasteiger partial charge in [-0.25, -0.2) is 8.42 Å². The Hall–Kier alpha value is -2.58. The summed E-state index contributed by atoms with van der Waals surface area (Å²) in [6, 6.07) is 14.1. The number of nitrogens with one attached hydrogen (secondary N) is 1. The summed E-state index contributed by atoms with van der Waals surface area (Å²) in [5.74, 6) is 1.02. The minimum Gasteiger partial charge on any atom is -0.497 e. The number of amides is 1. The largest absolute Gasteiger partial charge is 0.497 e. The first-order chi connectivity index (χ1) is 12.8. The number of carbonyl (C=O) groups excluding carboxylic acids is 1. The third-order valence-electron chi connectivity index (χ3n) is 3.97. The fourth-order valence-electron chi connectivity index (χ4n) is 2.51. The number of rotatable bonds is 9. The zero-order valence-corrected chi connectivity index (χ0v) is 16.5. The third-order valence-corrected chi connectivity index (χ3v) is 5.22. The smallest absolute Gasteiger partial charge is 0.225 e. The number of nitrogens with zero attached hydrogens (tertiary/aromatic N) is 1. The zero-order chi connectivity index (χ0) is 19.9. The molecule has 0 fully saturated rings. The van der Waals surface area contributed by atoms with Crippen LogP contribution in [-0.2, 0) is 21.4 Å². The van der Waals surface area contributed by atoms with Gasteiger partial charge in [-0.15, -0.1) is 0 Å². The van der Waals surface area contributed by atoms with Gasteiger partial charge in [0.2, 0.25) is 15.9 Å². The predicted octanol–water partition coefficient (Wildman–Crippen LogP) is 2.49. The number of hydrogen-bond acceptors (Lipinski definition) is 5. The van der Waals surface area contributed by atoms with Crippen LogP contribution in [0.2, 0.25) is 0 Å². The molecule has 0 aliphatic heterocycles. The van der Waals surface area contributed by atoms with E-state index in [1.54, 1.807) is 43.5 Å². The molecule has 27 heavy (non-hydrogen) atoms. The van der Waals surface area contributed by atoms with E-state index in [0.29, 0.717) is 17.2 Å². The summed E-state index contributed by atoms with van der Waals surface area (Å²) in [4.78, 5) is 12.2. The Kier molecular flexibility index (Phi) is 7.20. The lowest BCUT2D eigenvalue weighted by Crippen LogP contribution is -2.32. The van der Waals surface area contributed by atoms with E-state index in [4.69, 9.17) is 9.47 Å². The van der Waals surface area contributed by atoms with Gasteiger partial charge < -0.3 is 14.8 Å². The number of methoxy groups -OCH3 is 2. The van der Waals surface area contributed by atoms with Crippen molar-refractivity contribution in [1.29, 1.82) is 0 Å². The molecule has 0 unspecified atom stereocenters. The highest BCUT2D eigenvalue weighted by Crippen LogP contribution is 2.21. The van der Waals surface area contributed by atoms with Gasteiger partial charge >= 0.3 is 0 Å². The van der Waals surface area contributed by atoms with Crippen LogP contribution in [0.3, 0.4) is 0 Å². The molecule has 0 saturated heterocycles. The highest BCUT2D eigenvalue weighted by atomic mass is 32.2. The molecule has 0 aliphatic rings. The maximum atomic E-state index is 12.2. The van der Waals surface area contributed by atoms with Crippen molar-refractivity contribution in [2.24, 2.45) is 0 Å². The van der Waals surface area contributed by atoms with Gasteiger partial charge in [-0.05, 0) is 30.3 Å². The highest BCUT2D eigenvalue weighted by Gasteiger charge is 2.20. The number of sulfonamides is 1. The van der Waals surface area contributed by atoms with Gasteiger partial charge in [0.1, 0.15) is 11.5 Å². The van der Waals surface area contributed by atoms with Crippen LogP contribution < -0.4 is 14.8 Å². The Morgan fingerprint density at radius 2 is 1.70 bits per heavy atom. The van der Waals surface area contributed by atoms with Gasteiger partial charge in [-0.3, -0.25) is 4.79 Å². The molecule has 2 rings (SSSR count). The fourth-order valence-corrected chi connectivity index (χ4v) is 3.31. The molecule has 8 heteroatoms. The van der Waals surface area contributed by atoms with E-state index in [1.165, 1.54) is 11.4 Å². The molecule has 0 atom stereocenters. The number of ether oxygens (including phenoxy) is 2. The predicted molar refractivity (Wildman–Crippen MR) is 104 cm³/mol. The molecule has 0 aliphatic carbocycles. The Morgan fingerprint density at radius 3 is 2.30 bits per heavy atom. The molecule has 7 nitrogen and oxygen atoms in total. The molecular formula is C19H24N2O5S. The third kappa shape index (κ3) is 6.26. The summed E-state index contributed by atoms with van der Waals surface area (Å²) in [7, 11) is -0.386. The van der Waals surface area contributed by atoms with Crippen molar-refractivity contribution in [3.63, 3.8) is 0 Å². The average molecular weight is 392 g/mol. The van der Waals surface area contributed by atoms with Gasteiger partial charge in [0, 0.05) is 30.8 Å². The number of hydrogen-bond donors (Lipinski definition) is 1. The second-order valence-corrected chi connectivity index (χ2v) is 7.92.